The number of ether oxygens (including phenoxy) is 1. The summed E-state index contributed by atoms with van der Waals surface area (Å²) in [5.74, 6) is -1.16. The van der Waals surface area contributed by atoms with E-state index in [2.05, 4.69) is 4.98 Å². The van der Waals surface area contributed by atoms with Crippen LogP contribution >= 0.6 is 11.6 Å². The van der Waals surface area contributed by atoms with Crippen LogP contribution in [0.25, 0.3) is 11.1 Å². The zero-order valence-corrected chi connectivity index (χ0v) is 16.0. The van der Waals surface area contributed by atoms with E-state index in [4.69, 9.17) is 22.1 Å². The lowest BCUT2D eigenvalue weighted by Crippen LogP contribution is -2.35. The summed E-state index contributed by atoms with van der Waals surface area (Å²) in [6.07, 6.45) is -2.99. The van der Waals surface area contributed by atoms with E-state index in [9.17, 15) is 17.6 Å². The Kier molecular flexibility index (Phi) is 6.37. The van der Waals surface area contributed by atoms with E-state index >= 15 is 0 Å². The first-order valence-corrected chi connectivity index (χ1v) is 8.69. The van der Waals surface area contributed by atoms with Crippen LogP contribution in [0.3, 0.4) is 0 Å². The van der Waals surface area contributed by atoms with Crippen molar-refractivity contribution in [1.29, 1.82) is 0 Å². The predicted octanol–water partition coefficient (Wildman–Crippen LogP) is 5.70. The molecule has 0 aliphatic heterocycles. The van der Waals surface area contributed by atoms with Crippen molar-refractivity contribution in [1.82, 2.24) is 4.98 Å². The summed E-state index contributed by atoms with van der Waals surface area (Å²) in [6, 6.07) is 4.51. The van der Waals surface area contributed by atoms with E-state index in [0.29, 0.717) is 6.42 Å². The molecule has 0 aliphatic carbocycles. The van der Waals surface area contributed by atoms with E-state index in [1.54, 1.807) is 0 Å². The maximum absolute atomic E-state index is 13.5. The standard InChI is InChI=1S/C19H21ClF4N2O/c1-11(8-18(2,3)25)10-27-16-5-4-12(6-14(16)19(22,23)24)13-7-17(21)26-9-15(13)20/h4-7,9,11H,8,10,25H2,1-3H3/t11-/m0/s1. The van der Waals surface area contributed by atoms with Crippen LogP contribution < -0.4 is 10.5 Å². The molecule has 27 heavy (non-hydrogen) atoms. The van der Waals surface area contributed by atoms with Gasteiger partial charge in [0, 0.05) is 23.4 Å². The Morgan fingerprint density at radius 2 is 1.89 bits per heavy atom. The minimum atomic E-state index is -4.64. The van der Waals surface area contributed by atoms with Gasteiger partial charge in [-0.2, -0.15) is 17.6 Å². The van der Waals surface area contributed by atoms with Crippen molar-refractivity contribution < 1.29 is 22.3 Å². The lowest BCUT2D eigenvalue weighted by Gasteiger charge is -2.24. The zero-order chi connectivity index (χ0) is 20.4. The van der Waals surface area contributed by atoms with E-state index in [0.717, 1.165) is 18.3 Å². The van der Waals surface area contributed by atoms with Gasteiger partial charge in [0.25, 0.3) is 0 Å². The zero-order valence-electron chi connectivity index (χ0n) is 15.2. The van der Waals surface area contributed by atoms with Crippen LogP contribution in [-0.4, -0.2) is 17.1 Å². The first kappa shape index (κ1) is 21.4. The molecule has 0 bridgehead atoms. The number of halogens is 5. The molecule has 0 saturated carbocycles. The van der Waals surface area contributed by atoms with Gasteiger partial charge >= 0.3 is 6.18 Å². The molecule has 0 unspecified atom stereocenters. The molecular formula is C19H21ClF4N2O. The third-order valence-electron chi connectivity index (χ3n) is 3.82. The smallest absolute Gasteiger partial charge is 0.419 e. The highest BCUT2D eigenvalue weighted by Crippen LogP contribution is 2.40. The van der Waals surface area contributed by atoms with E-state index in [-0.39, 0.29) is 34.4 Å². The summed E-state index contributed by atoms with van der Waals surface area (Å²) < 4.78 is 59.3. The van der Waals surface area contributed by atoms with Gasteiger partial charge in [0.1, 0.15) is 5.75 Å². The maximum Gasteiger partial charge on any atom is 0.419 e. The van der Waals surface area contributed by atoms with Crippen LogP contribution in [-0.2, 0) is 6.18 Å². The lowest BCUT2D eigenvalue weighted by atomic mass is 9.93. The Morgan fingerprint density at radius 1 is 1.22 bits per heavy atom. The molecule has 0 fully saturated rings. The van der Waals surface area contributed by atoms with Gasteiger partial charge in [-0.1, -0.05) is 24.6 Å². The second-order valence-electron chi connectivity index (χ2n) is 7.30. The SMILES string of the molecule is C[C@H](COc1ccc(-c2cc(F)ncc2Cl)cc1C(F)(F)F)CC(C)(C)N. The van der Waals surface area contributed by atoms with Crippen molar-refractivity contribution in [2.45, 2.75) is 38.9 Å². The van der Waals surface area contributed by atoms with Crippen molar-refractivity contribution >= 4 is 11.6 Å². The van der Waals surface area contributed by atoms with Crippen LogP contribution in [0.2, 0.25) is 5.02 Å². The average molecular weight is 405 g/mol. The van der Waals surface area contributed by atoms with Crippen LogP contribution in [0.1, 0.15) is 32.8 Å². The number of alkyl halides is 3. The quantitative estimate of drug-likeness (QED) is 0.496. The van der Waals surface area contributed by atoms with Gasteiger partial charge in [0.2, 0.25) is 5.95 Å². The van der Waals surface area contributed by atoms with Gasteiger partial charge < -0.3 is 10.5 Å². The number of rotatable bonds is 6. The average Bonchev–Trinajstić information content (AvgIpc) is 2.52. The molecular weight excluding hydrogens is 384 g/mol. The van der Waals surface area contributed by atoms with Crippen molar-refractivity contribution in [3.8, 4) is 16.9 Å². The first-order valence-electron chi connectivity index (χ1n) is 8.31. The predicted molar refractivity (Wildman–Crippen MR) is 97.2 cm³/mol. The Hall–Kier alpha value is -1.86. The highest BCUT2D eigenvalue weighted by atomic mass is 35.5. The molecule has 0 amide bonds. The minimum absolute atomic E-state index is 0.0329. The molecule has 0 aliphatic rings. The number of aromatic nitrogens is 1. The van der Waals surface area contributed by atoms with Crippen LogP contribution in [0.5, 0.6) is 5.75 Å². The largest absolute Gasteiger partial charge is 0.493 e. The molecule has 2 rings (SSSR count). The second kappa shape index (κ2) is 8.02. The van der Waals surface area contributed by atoms with Crippen molar-refractivity contribution in [3.63, 3.8) is 0 Å². The van der Waals surface area contributed by atoms with E-state index < -0.39 is 23.2 Å². The van der Waals surface area contributed by atoms with Crippen molar-refractivity contribution in [2.75, 3.05) is 6.61 Å². The fraction of sp³-hybridized carbons (Fsp3) is 0.421. The van der Waals surface area contributed by atoms with Gasteiger partial charge in [0.05, 0.1) is 17.2 Å². The Balaban J connectivity index is 2.33. The maximum atomic E-state index is 13.5. The van der Waals surface area contributed by atoms with Gasteiger partial charge in [0.15, 0.2) is 0 Å². The molecule has 0 saturated heterocycles. The number of hydrogen-bond acceptors (Lipinski definition) is 3. The first-order chi connectivity index (χ1) is 12.4. The third kappa shape index (κ3) is 6.07. The van der Waals surface area contributed by atoms with Crippen LogP contribution in [0, 0.1) is 11.9 Å². The molecule has 1 heterocycles. The van der Waals surface area contributed by atoms with E-state index in [1.807, 2.05) is 20.8 Å². The molecule has 1 atom stereocenters. The fourth-order valence-electron chi connectivity index (χ4n) is 2.87. The summed E-state index contributed by atoms with van der Waals surface area (Å²) in [4.78, 5) is 3.38. The molecule has 1 aromatic carbocycles. The summed E-state index contributed by atoms with van der Waals surface area (Å²) in [5.41, 5.74) is 4.78. The minimum Gasteiger partial charge on any atom is -0.493 e. The summed E-state index contributed by atoms with van der Waals surface area (Å²) in [6.45, 7) is 5.64. The lowest BCUT2D eigenvalue weighted by molar-refractivity contribution is -0.139. The van der Waals surface area contributed by atoms with E-state index in [1.165, 1.54) is 12.1 Å². The van der Waals surface area contributed by atoms with Crippen LogP contribution in [0.4, 0.5) is 17.6 Å². The van der Waals surface area contributed by atoms with Gasteiger partial charge in [-0.05, 0) is 43.9 Å². The molecule has 148 valence electrons. The topological polar surface area (TPSA) is 48.1 Å². The highest BCUT2D eigenvalue weighted by Gasteiger charge is 2.35. The number of nitrogens with two attached hydrogens (primary N) is 1. The number of nitrogens with zero attached hydrogens (tertiary/aromatic N) is 1. The molecule has 1 aromatic heterocycles. The summed E-state index contributed by atoms with van der Waals surface area (Å²) in [5, 5.41) is 0.0528. The molecule has 2 N–H and O–H groups in total. The Morgan fingerprint density at radius 3 is 2.48 bits per heavy atom. The fourth-order valence-corrected chi connectivity index (χ4v) is 3.08. The number of pyridine rings is 1. The third-order valence-corrected chi connectivity index (χ3v) is 4.12. The summed E-state index contributed by atoms with van der Waals surface area (Å²) >= 11 is 5.95. The van der Waals surface area contributed by atoms with Crippen molar-refractivity contribution in [3.05, 3.63) is 47.0 Å². The van der Waals surface area contributed by atoms with Gasteiger partial charge in [-0.25, -0.2) is 4.98 Å². The Bertz CT molecular complexity index is 803. The van der Waals surface area contributed by atoms with Gasteiger partial charge in [-0.3, -0.25) is 0 Å². The molecule has 8 heteroatoms. The molecule has 0 radical (unpaired) electrons. The highest BCUT2D eigenvalue weighted by molar-refractivity contribution is 6.33. The van der Waals surface area contributed by atoms with Crippen molar-refractivity contribution in [2.24, 2.45) is 11.7 Å². The number of benzene rings is 1. The Labute approximate surface area is 160 Å². The molecule has 3 nitrogen and oxygen atoms in total. The monoisotopic (exact) mass is 404 g/mol. The van der Waals surface area contributed by atoms with Crippen LogP contribution in [0.15, 0.2) is 30.5 Å². The molecule has 2 aromatic rings. The van der Waals surface area contributed by atoms with Gasteiger partial charge in [-0.15, -0.1) is 0 Å². The summed E-state index contributed by atoms with van der Waals surface area (Å²) in [7, 11) is 0. The normalized spacial score (nSPS) is 13.5. The second-order valence-corrected chi connectivity index (χ2v) is 7.71. The molecule has 0 spiro atoms. The number of hydrogen-bond donors (Lipinski definition) is 1.